The molecule has 2 heteroatoms. The minimum absolute atomic E-state index is 0.725. The molecule has 2 atom stereocenters. The molecule has 0 spiro atoms. The molecule has 1 aliphatic rings. The zero-order chi connectivity index (χ0) is 11.4. The lowest BCUT2D eigenvalue weighted by molar-refractivity contribution is 0.246. The molecule has 0 amide bonds. The van der Waals surface area contributed by atoms with Crippen LogP contribution < -0.4 is 5.32 Å². The largest absolute Gasteiger partial charge is 0.316 e. The van der Waals surface area contributed by atoms with E-state index >= 15 is 0 Å². The van der Waals surface area contributed by atoms with Crippen molar-refractivity contribution in [2.45, 2.75) is 32.1 Å². The molecule has 1 aliphatic carbocycles. The van der Waals surface area contributed by atoms with E-state index < -0.39 is 0 Å². The summed E-state index contributed by atoms with van der Waals surface area (Å²) in [4.78, 5) is 0. The van der Waals surface area contributed by atoms with E-state index in [9.17, 15) is 0 Å². The van der Waals surface area contributed by atoms with E-state index in [0.29, 0.717) is 0 Å². The molecule has 1 fully saturated rings. The van der Waals surface area contributed by atoms with Crippen molar-refractivity contribution in [2.75, 3.05) is 13.1 Å². The highest BCUT2D eigenvalue weighted by Gasteiger charge is 2.31. The van der Waals surface area contributed by atoms with Crippen LogP contribution in [0.15, 0.2) is 24.3 Å². The summed E-state index contributed by atoms with van der Waals surface area (Å²) >= 11 is 6.03. The van der Waals surface area contributed by atoms with Gasteiger partial charge in [-0.05, 0) is 61.9 Å². The van der Waals surface area contributed by atoms with Crippen LogP contribution in [0.4, 0.5) is 0 Å². The van der Waals surface area contributed by atoms with Crippen molar-refractivity contribution in [1.29, 1.82) is 0 Å². The maximum atomic E-state index is 6.03. The Hall–Kier alpha value is -0.530. The normalized spacial score (nSPS) is 24.1. The van der Waals surface area contributed by atoms with Gasteiger partial charge < -0.3 is 5.32 Å². The first kappa shape index (κ1) is 11.9. The molecule has 0 aromatic heterocycles. The molecule has 1 aromatic rings. The fourth-order valence-electron chi connectivity index (χ4n) is 2.45. The van der Waals surface area contributed by atoms with E-state index in [2.05, 4.69) is 30.4 Å². The Morgan fingerprint density at radius 3 is 2.88 bits per heavy atom. The van der Waals surface area contributed by atoms with E-state index in [-0.39, 0.29) is 0 Å². The van der Waals surface area contributed by atoms with Gasteiger partial charge in [0.2, 0.25) is 0 Å². The Bertz CT molecular complexity index is 337. The average molecular weight is 238 g/mol. The summed E-state index contributed by atoms with van der Waals surface area (Å²) < 4.78 is 0. The monoisotopic (exact) mass is 237 g/mol. The summed E-state index contributed by atoms with van der Waals surface area (Å²) in [7, 11) is 0. The lowest BCUT2D eigenvalue weighted by Crippen LogP contribution is -2.34. The molecule has 16 heavy (non-hydrogen) atoms. The molecule has 0 radical (unpaired) electrons. The van der Waals surface area contributed by atoms with Crippen LogP contribution in [0.5, 0.6) is 0 Å². The van der Waals surface area contributed by atoms with Gasteiger partial charge in [-0.15, -0.1) is 0 Å². The third-order valence-corrected chi connectivity index (χ3v) is 3.76. The zero-order valence-corrected chi connectivity index (χ0v) is 10.6. The van der Waals surface area contributed by atoms with Gasteiger partial charge >= 0.3 is 0 Å². The van der Waals surface area contributed by atoms with Crippen LogP contribution in [0.2, 0.25) is 5.02 Å². The van der Waals surface area contributed by atoms with Gasteiger partial charge in [0.25, 0.3) is 0 Å². The molecular formula is C14H20ClN. The van der Waals surface area contributed by atoms with Crippen molar-refractivity contribution in [3.05, 3.63) is 34.9 Å². The number of halogens is 1. The molecule has 0 aliphatic heterocycles. The molecular weight excluding hydrogens is 218 g/mol. The molecule has 0 bridgehead atoms. The second-order valence-electron chi connectivity index (χ2n) is 4.70. The quantitative estimate of drug-likeness (QED) is 0.768. The van der Waals surface area contributed by atoms with Crippen LogP contribution in [0.25, 0.3) is 0 Å². The minimum atomic E-state index is 0.725. The van der Waals surface area contributed by atoms with Gasteiger partial charge in [-0.1, -0.05) is 30.7 Å². The molecule has 1 aromatic carbocycles. The lowest BCUT2D eigenvalue weighted by atomic mass is 9.70. The molecule has 0 heterocycles. The summed E-state index contributed by atoms with van der Waals surface area (Å²) in [6.07, 6.45) is 3.89. The fraction of sp³-hybridized carbons (Fsp3) is 0.571. The maximum Gasteiger partial charge on any atom is 0.0408 e. The number of rotatable bonds is 5. The summed E-state index contributed by atoms with van der Waals surface area (Å²) in [5, 5.41) is 4.38. The molecule has 1 nitrogen and oxygen atoms in total. The number of hydrogen-bond acceptors (Lipinski definition) is 1. The van der Waals surface area contributed by atoms with Gasteiger partial charge in [0, 0.05) is 5.02 Å². The van der Waals surface area contributed by atoms with Crippen molar-refractivity contribution in [2.24, 2.45) is 5.92 Å². The van der Waals surface area contributed by atoms with Crippen LogP contribution in [-0.2, 0) is 0 Å². The second-order valence-corrected chi connectivity index (χ2v) is 5.14. The first-order valence-corrected chi connectivity index (χ1v) is 6.65. The van der Waals surface area contributed by atoms with Crippen LogP contribution in [0.3, 0.4) is 0 Å². The van der Waals surface area contributed by atoms with Gasteiger partial charge in [-0.3, -0.25) is 0 Å². The van der Waals surface area contributed by atoms with E-state index in [1.165, 1.54) is 24.8 Å². The number of benzene rings is 1. The number of hydrogen-bond donors (Lipinski definition) is 1. The standard InChI is InChI=1S/C14H20ClN/c1-2-8-16-10-12-6-7-14(12)11-4-3-5-13(15)9-11/h3-5,9,12,14,16H,2,6-8,10H2,1H3. The first-order valence-electron chi connectivity index (χ1n) is 6.27. The predicted octanol–water partition coefficient (Wildman–Crippen LogP) is 3.83. The summed E-state index contributed by atoms with van der Waals surface area (Å²) in [6.45, 7) is 4.51. The topological polar surface area (TPSA) is 12.0 Å². The third-order valence-electron chi connectivity index (χ3n) is 3.53. The first-order chi connectivity index (χ1) is 7.81. The Kier molecular flexibility index (Phi) is 4.25. The average Bonchev–Trinajstić information content (AvgIpc) is 2.23. The SMILES string of the molecule is CCCNCC1CCC1c1cccc(Cl)c1. The van der Waals surface area contributed by atoms with Crippen LogP contribution in [-0.4, -0.2) is 13.1 Å². The van der Waals surface area contributed by atoms with E-state index in [0.717, 1.165) is 29.9 Å². The lowest BCUT2D eigenvalue weighted by Gasteiger charge is -2.37. The molecule has 1 N–H and O–H groups in total. The molecule has 1 saturated carbocycles. The fourth-order valence-corrected chi connectivity index (χ4v) is 2.65. The molecule has 2 rings (SSSR count). The molecule has 2 unspecified atom stereocenters. The molecule has 88 valence electrons. The smallest absolute Gasteiger partial charge is 0.0408 e. The van der Waals surface area contributed by atoms with Crippen molar-refractivity contribution < 1.29 is 0 Å². The van der Waals surface area contributed by atoms with E-state index in [1.54, 1.807) is 0 Å². The van der Waals surface area contributed by atoms with Crippen LogP contribution in [0.1, 0.15) is 37.7 Å². The Morgan fingerprint density at radius 1 is 1.38 bits per heavy atom. The zero-order valence-electron chi connectivity index (χ0n) is 9.88. The second kappa shape index (κ2) is 5.70. The highest BCUT2D eigenvalue weighted by Crippen LogP contribution is 2.42. The summed E-state index contributed by atoms with van der Waals surface area (Å²) in [5.74, 6) is 1.54. The highest BCUT2D eigenvalue weighted by atomic mass is 35.5. The highest BCUT2D eigenvalue weighted by molar-refractivity contribution is 6.30. The van der Waals surface area contributed by atoms with Crippen molar-refractivity contribution >= 4 is 11.6 Å². The van der Waals surface area contributed by atoms with E-state index in [1.807, 2.05) is 6.07 Å². The Balaban J connectivity index is 1.90. The van der Waals surface area contributed by atoms with Gasteiger partial charge in [-0.25, -0.2) is 0 Å². The van der Waals surface area contributed by atoms with Crippen LogP contribution in [0, 0.1) is 5.92 Å². The summed E-state index contributed by atoms with van der Waals surface area (Å²) in [6, 6.07) is 8.35. The summed E-state index contributed by atoms with van der Waals surface area (Å²) in [5.41, 5.74) is 1.42. The third kappa shape index (κ3) is 2.78. The van der Waals surface area contributed by atoms with Crippen molar-refractivity contribution in [3.8, 4) is 0 Å². The number of nitrogens with one attached hydrogen (secondary N) is 1. The van der Waals surface area contributed by atoms with Crippen molar-refractivity contribution in [1.82, 2.24) is 5.32 Å². The van der Waals surface area contributed by atoms with E-state index in [4.69, 9.17) is 11.6 Å². The van der Waals surface area contributed by atoms with Gasteiger partial charge in [0.1, 0.15) is 0 Å². The predicted molar refractivity (Wildman–Crippen MR) is 70.1 cm³/mol. The Morgan fingerprint density at radius 2 is 2.25 bits per heavy atom. The van der Waals surface area contributed by atoms with Crippen LogP contribution >= 0.6 is 11.6 Å². The minimum Gasteiger partial charge on any atom is -0.316 e. The maximum absolute atomic E-state index is 6.03. The van der Waals surface area contributed by atoms with Gasteiger partial charge in [-0.2, -0.15) is 0 Å². The van der Waals surface area contributed by atoms with Crippen molar-refractivity contribution in [3.63, 3.8) is 0 Å². The van der Waals surface area contributed by atoms with Gasteiger partial charge in [0.15, 0.2) is 0 Å². The Labute approximate surface area is 103 Å². The molecule has 0 saturated heterocycles. The van der Waals surface area contributed by atoms with Gasteiger partial charge in [0.05, 0.1) is 0 Å².